The number of aromatic nitrogens is 1. The molecule has 6 rings (SSSR count). The lowest BCUT2D eigenvalue weighted by Crippen LogP contribution is -2.45. The van der Waals surface area contributed by atoms with Crippen LogP contribution in [0.1, 0.15) is 59.3 Å². The standard InChI is InChI=1S/C32H35FN4O2/c33-29-5-2-1-4-28(29)25-10-12-30(34-20-25)32(39)35-26-11-9-23-18-22(7-8-24(23)19-26)21-36-16-13-27(14-17-36)37-15-3-6-31(37)38/h1-2,4-5,7-8,10,12,18,20,26-27H,3,6,9,11,13-17,19,21H2,(H,35,39). The number of carbonyl (C=O) groups excluding carboxylic acids is 2. The predicted molar refractivity (Wildman–Crippen MR) is 149 cm³/mol. The van der Waals surface area contributed by atoms with E-state index in [0.29, 0.717) is 28.8 Å². The van der Waals surface area contributed by atoms with Gasteiger partial charge in [0.25, 0.3) is 5.91 Å². The van der Waals surface area contributed by atoms with Crippen LogP contribution in [0.15, 0.2) is 60.8 Å². The highest BCUT2D eigenvalue weighted by Gasteiger charge is 2.30. The first-order valence-corrected chi connectivity index (χ1v) is 14.2. The fourth-order valence-electron chi connectivity index (χ4n) is 6.37. The summed E-state index contributed by atoms with van der Waals surface area (Å²) in [5.41, 5.74) is 5.48. The summed E-state index contributed by atoms with van der Waals surface area (Å²) in [5.74, 6) is -0.161. The minimum atomic E-state index is -0.305. The Morgan fingerprint density at radius 3 is 2.56 bits per heavy atom. The molecule has 3 heterocycles. The van der Waals surface area contributed by atoms with Crippen molar-refractivity contribution in [2.75, 3.05) is 19.6 Å². The van der Waals surface area contributed by atoms with Crippen molar-refractivity contribution in [2.24, 2.45) is 0 Å². The molecule has 6 nitrogen and oxygen atoms in total. The van der Waals surface area contributed by atoms with Gasteiger partial charge in [0.05, 0.1) is 0 Å². The molecule has 0 radical (unpaired) electrons. The van der Waals surface area contributed by atoms with Crippen LogP contribution in [0.4, 0.5) is 4.39 Å². The van der Waals surface area contributed by atoms with Crippen molar-refractivity contribution < 1.29 is 14.0 Å². The Kier molecular flexibility index (Phi) is 7.42. The van der Waals surface area contributed by atoms with Crippen molar-refractivity contribution in [3.05, 3.63) is 89.0 Å². The van der Waals surface area contributed by atoms with Gasteiger partial charge in [-0.3, -0.25) is 19.5 Å². The molecule has 3 aromatic rings. The molecule has 7 heteroatoms. The number of pyridine rings is 1. The first kappa shape index (κ1) is 25.7. The number of aryl methyl sites for hydroxylation is 1. The smallest absolute Gasteiger partial charge is 0.270 e. The molecule has 1 unspecified atom stereocenters. The molecule has 1 aliphatic carbocycles. The number of carbonyl (C=O) groups is 2. The zero-order chi connectivity index (χ0) is 26.8. The molecule has 202 valence electrons. The van der Waals surface area contributed by atoms with E-state index in [1.165, 1.54) is 22.8 Å². The summed E-state index contributed by atoms with van der Waals surface area (Å²) in [6.45, 7) is 3.96. The average Bonchev–Trinajstić information content (AvgIpc) is 3.39. The summed E-state index contributed by atoms with van der Waals surface area (Å²) in [7, 11) is 0. The Balaban J connectivity index is 1.01. The summed E-state index contributed by atoms with van der Waals surface area (Å²) in [4.78, 5) is 33.9. The van der Waals surface area contributed by atoms with Crippen molar-refractivity contribution in [3.8, 4) is 11.1 Å². The predicted octanol–water partition coefficient (Wildman–Crippen LogP) is 4.76. The fourth-order valence-corrected chi connectivity index (χ4v) is 6.37. The lowest BCUT2D eigenvalue weighted by Gasteiger charge is -2.37. The Bertz CT molecular complexity index is 1350. The summed E-state index contributed by atoms with van der Waals surface area (Å²) in [6, 6.07) is 17.2. The van der Waals surface area contributed by atoms with E-state index >= 15 is 0 Å². The maximum atomic E-state index is 14.1. The molecule has 1 aromatic heterocycles. The van der Waals surface area contributed by atoms with Crippen LogP contribution < -0.4 is 5.32 Å². The maximum Gasteiger partial charge on any atom is 0.270 e. The summed E-state index contributed by atoms with van der Waals surface area (Å²) >= 11 is 0. The van der Waals surface area contributed by atoms with Gasteiger partial charge in [0, 0.05) is 62.0 Å². The van der Waals surface area contributed by atoms with Crippen LogP contribution in [0, 0.1) is 5.82 Å². The van der Waals surface area contributed by atoms with Gasteiger partial charge >= 0.3 is 0 Å². The van der Waals surface area contributed by atoms with Gasteiger partial charge in [-0.05, 0) is 67.3 Å². The lowest BCUT2D eigenvalue weighted by molar-refractivity contribution is -0.130. The molecular weight excluding hydrogens is 491 g/mol. The average molecular weight is 527 g/mol. The Morgan fingerprint density at radius 2 is 1.82 bits per heavy atom. The molecule has 39 heavy (non-hydrogen) atoms. The van der Waals surface area contributed by atoms with Gasteiger partial charge in [-0.15, -0.1) is 0 Å². The second-order valence-electron chi connectivity index (χ2n) is 11.1. The highest BCUT2D eigenvalue weighted by atomic mass is 19.1. The molecule has 2 saturated heterocycles. The molecule has 0 saturated carbocycles. The summed E-state index contributed by atoms with van der Waals surface area (Å²) in [5, 5.41) is 3.15. The largest absolute Gasteiger partial charge is 0.348 e. The second-order valence-corrected chi connectivity index (χ2v) is 11.1. The van der Waals surface area contributed by atoms with E-state index in [4.69, 9.17) is 0 Å². The number of nitrogens with one attached hydrogen (secondary N) is 1. The Labute approximate surface area is 229 Å². The number of likely N-dealkylation sites (tertiary alicyclic amines) is 2. The highest BCUT2D eigenvalue weighted by molar-refractivity contribution is 5.92. The Morgan fingerprint density at radius 1 is 0.974 bits per heavy atom. The van der Waals surface area contributed by atoms with Gasteiger partial charge in [-0.2, -0.15) is 0 Å². The number of amides is 2. The first-order valence-electron chi connectivity index (χ1n) is 14.2. The maximum absolute atomic E-state index is 14.1. The minimum absolute atomic E-state index is 0.0659. The number of halogens is 1. The third-order valence-electron chi connectivity index (χ3n) is 8.53. The summed E-state index contributed by atoms with van der Waals surface area (Å²) < 4.78 is 14.1. The van der Waals surface area contributed by atoms with Crippen LogP contribution in [-0.4, -0.2) is 58.3 Å². The molecule has 2 fully saturated rings. The van der Waals surface area contributed by atoms with E-state index in [0.717, 1.165) is 71.1 Å². The van der Waals surface area contributed by atoms with Crippen LogP contribution in [0.3, 0.4) is 0 Å². The van der Waals surface area contributed by atoms with Crippen molar-refractivity contribution >= 4 is 11.8 Å². The molecule has 1 atom stereocenters. The van der Waals surface area contributed by atoms with Crippen molar-refractivity contribution in [1.29, 1.82) is 0 Å². The van der Waals surface area contributed by atoms with E-state index in [1.54, 1.807) is 36.5 Å². The van der Waals surface area contributed by atoms with E-state index in [9.17, 15) is 14.0 Å². The normalized spacial score (nSPS) is 20.2. The molecular formula is C32H35FN4O2. The van der Waals surface area contributed by atoms with Crippen LogP contribution in [0.25, 0.3) is 11.1 Å². The van der Waals surface area contributed by atoms with E-state index in [-0.39, 0.29) is 17.8 Å². The van der Waals surface area contributed by atoms with Crippen molar-refractivity contribution in [2.45, 2.75) is 63.6 Å². The van der Waals surface area contributed by atoms with Crippen molar-refractivity contribution in [1.82, 2.24) is 20.1 Å². The Hall–Kier alpha value is -3.58. The number of hydrogen-bond acceptors (Lipinski definition) is 4. The third-order valence-corrected chi connectivity index (χ3v) is 8.53. The molecule has 0 bridgehead atoms. The number of nitrogens with zero attached hydrogens (tertiary/aromatic N) is 3. The van der Waals surface area contributed by atoms with E-state index in [2.05, 4.69) is 38.3 Å². The number of hydrogen-bond donors (Lipinski definition) is 1. The fraction of sp³-hybridized carbons (Fsp3) is 0.406. The highest BCUT2D eigenvalue weighted by Crippen LogP contribution is 2.27. The molecule has 0 spiro atoms. The first-order chi connectivity index (χ1) is 19.0. The van der Waals surface area contributed by atoms with Crippen LogP contribution in [-0.2, 0) is 24.2 Å². The third kappa shape index (κ3) is 5.74. The quantitative estimate of drug-likeness (QED) is 0.503. The van der Waals surface area contributed by atoms with Gasteiger partial charge in [0.2, 0.25) is 5.91 Å². The number of piperidine rings is 1. The van der Waals surface area contributed by atoms with Gasteiger partial charge in [0.15, 0.2) is 0 Å². The van der Waals surface area contributed by atoms with Gasteiger partial charge in [-0.1, -0.05) is 42.5 Å². The van der Waals surface area contributed by atoms with E-state index in [1.807, 2.05) is 0 Å². The van der Waals surface area contributed by atoms with Crippen molar-refractivity contribution in [3.63, 3.8) is 0 Å². The molecule has 1 N–H and O–H groups in total. The molecule has 2 amide bonds. The SMILES string of the molecule is O=C(NC1CCc2cc(CN3CCC(N4CCCC4=O)CC3)ccc2C1)c1ccc(-c2ccccc2F)cn1. The lowest BCUT2D eigenvalue weighted by atomic mass is 9.87. The molecule has 3 aliphatic rings. The number of rotatable bonds is 6. The van der Waals surface area contributed by atoms with Crippen LogP contribution >= 0.6 is 0 Å². The minimum Gasteiger partial charge on any atom is -0.348 e. The van der Waals surface area contributed by atoms with Gasteiger partial charge < -0.3 is 10.2 Å². The molecule has 2 aromatic carbocycles. The van der Waals surface area contributed by atoms with E-state index < -0.39 is 0 Å². The zero-order valence-electron chi connectivity index (χ0n) is 22.2. The number of benzene rings is 2. The summed E-state index contributed by atoms with van der Waals surface area (Å²) in [6.07, 6.45) is 8.07. The zero-order valence-corrected chi connectivity index (χ0v) is 22.2. The van der Waals surface area contributed by atoms with Crippen LogP contribution in [0.2, 0.25) is 0 Å². The van der Waals surface area contributed by atoms with Gasteiger partial charge in [-0.25, -0.2) is 4.39 Å². The van der Waals surface area contributed by atoms with Crippen LogP contribution in [0.5, 0.6) is 0 Å². The van der Waals surface area contributed by atoms with Gasteiger partial charge in [0.1, 0.15) is 11.5 Å². The topological polar surface area (TPSA) is 65.5 Å². The molecule has 2 aliphatic heterocycles. The monoisotopic (exact) mass is 526 g/mol. The number of fused-ring (bicyclic) bond motifs is 1. The second kappa shape index (κ2) is 11.3.